The number of carbonyl (C=O) groups excluding carboxylic acids is 1. The van der Waals surface area contributed by atoms with Gasteiger partial charge in [0.1, 0.15) is 5.65 Å². The fraction of sp³-hybridized carbons (Fsp3) is 0.310. The van der Waals surface area contributed by atoms with Gasteiger partial charge in [0, 0.05) is 34.8 Å². The van der Waals surface area contributed by atoms with Gasteiger partial charge in [0.2, 0.25) is 0 Å². The molecular weight excluding hydrogens is 406 g/mol. The Bertz CT molecular complexity index is 1310. The van der Waals surface area contributed by atoms with Crippen molar-refractivity contribution in [3.8, 4) is 22.5 Å². The van der Waals surface area contributed by atoms with Crippen molar-refractivity contribution >= 4 is 11.4 Å². The summed E-state index contributed by atoms with van der Waals surface area (Å²) in [6, 6.07) is 22.8. The zero-order valence-corrected chi connectivity index (χ0v) is 18.8. The summed E-state index contributed by atoms with van der Waals surface area (Å²) in [7, 11) is 0. The van der Waals surface area contributed by atoms with Gasteiger partial charge in [0.05, 0.1) is 11.4 Å². The zero-order chi connectivity index (χ0) is 22.4. The summed E-state index contributed by atoms with van der Waals surface area (Å²) in [6.45, 7) is 0. The second-order valence-corrected chi connectivity index (χ2v) is 9.81. The lowest BCUT2D eigenvalue weighted by Gasteiger charge is -2.38. The van der Waals surface area contributed by atoms with Gasteiger partial charge < -0.3 is 5.73 Å². The molecule has 0 amide bonds. The average Bonchev–Trinajstić information content (AvgIpc) is 3.59. The first-order valence-corrected chi connectivity index (χ1v) is 12.1. The van der Waals surface area contributed by atoms with Crippen molar-refractivity contribution in [2.24, 2.45) is 11.7 Å². The summed E-state index contributed by atoms with van der Waals surface area (Å²) in [5.41, 5.74) is 13.3. The number of imidazole rings is 1. The van der Waals surface area contributed by atoms with Gasteiger partial charge in [-0.1, -0.05) is 67.4 Å². The Hall–Kier alpha value is -3.24. The van der Waals surface area contributed by atoms with Gasteiger partial charge in [0.25, 0.3) is 0 Å². The number of aromatic nitrogens is 2. The molecule has 2 aromatic heterocycles. The molecule has 0 atom stereocenters. The van der Waals surface area contributed by atoms with Crippen LogP contribution in [0.3, 0.4) is 0 Å². The predicted molar refractivity (Wildman–Crippen MR) is 132 cm³/mol. The Kier molecular flexibility index (Phi) is 4.92. The molecule has 2 aliphatic carbocycles. The molecule has 0 spiro atoms. The van der Waals surface area contributed by atoms with Gasteiger partial charge in [-0.15, -0.1) is 0 Å². The van der Waals surface area contributed by atoms with Crippen LogP contribution in [-0.2, 0) is 5.54 Å². The molecule has 2 aliphatic rings. The SMILES string of the molecule is NC1(c2ccc(-c3nc4ccc(C(=O)CCC5CC5)cn4c3-c3ccccc3)cc2)CCC1. The first kappa shape index (κ1) is 20.4. The smallest absolute Gasteiger partial charge is 0.164 e. The van der Waals surface area contributed by atoms with Gasteiger partial charge >= 0.3 is 0 Å². The maximum atomic E-state index is 12.9. The van der Waals surface area contributed by atoms with Crippen LogP contribution in [0.1, 0.15) is 60.9 Å². The van der Waals surface area contributed by atoms with Gasteiger partial charge in [-0.25, -0.2) is 4.98 Å². The number of hydrogen-bond donors (Lipinski definition) is 1. The largest absolute Gasteiger partial charge is 0.321 e. The van der Waals surface area contributed by atoms with E-state index in [4.69, 9.17) is 10.7 Å². The summed E-state index contributed by atoms with van der Waals surface area (Å²) in [5, 5.41) is 0. The summed E-state index contributed by atoms with van der Waals surface area (Å²) >= 11 is 0. The van der Waals surface area contributed by atoms with Gasteiger partial charge in [-0.3, -0.25) is 9.20 Å². The summed E-state index contributed by atoms with van der Waals surface area (Å²) in [6.07, 6.45) is 9.46. The molecule has 6 rings (SSSR count). The number of hydrogen-bond acceptors (Lipinski definition) is 3. The number of rotatable bonds is 7. The molecule has 4 nitrogen and oxygen atoms in total. The standard InChI is InChI=1S/C29H29N3O/c30-29(17-4-18-29)24-13-10-21(11-14-24)27-28(22-5-2-1-3-6-22)32-19-23(12-16-26(32)31-27)25(33)15-9-20-7-8-20/h1-3,5-6,10-14,16,19-20H,4,7-9,15,17-18,30H2. The number of benzene rings is 2. The van der Waals surface area contributed by atoms with E-state index in [0.717, 1.165) is 58.9 Å². The van der Waals surface area contributed by atoms with Crippen molar-refractivity contribution in [2.45, 2.75) is 50.5 Å². The van der Waals surface area contributed by atoms with E-state index in [1.54, 1.807) is 0 Å². The lowest BCUT2D eigenvalue weighted by atomic mass is 9.72. The Morgan fingerprint density at radius 2 is 1.73 bits per heavy atom. The molecule has 2 N–H and O–H groups in total. The number of carbonyl (C=O) groups is 1. The molecule has 4 aromatic rings. The third-order valence-electron chi connectivity index (χ3n) is 7.44. The first-order chi connectivity index (χ1) is 16.1. The van der Waals surface area contributed by atoms with E-state index in [1.165, 1.54) is 24.8 Å². The van der Waals surface area contributed by atoms with Crippen LogP contribution < -0.4 is 5.73 Å². The third-order valence-corrected chi connectivity index (χ3v) is 7.44. The molecule has 0 unspecified atom stereocenters. The molecule has 4 heteroatoms. The summed E-state index contributed by atoms with van der Waals surface area (Å²) < 4.78 is 2.08. The molecule has 2 fully saturated rings. The highest BCUT2D eigenvalue weighted by Gasteiger charge is 2.34. The van der Waals surface area contributed by atoms with Crippen LogP contribution >= 0.6 is 0 Å². The van der Waals surface area contributed by atoms with Crippen LogP contribution in [0.25, 0.3) is 28.2 Å². The Morgan fingerprint density at radius 1 is 0.970 bits per heavy atom. The van der Waals surface area contributed by atoms with Crippen molar-refractivity contribution < 1.29 is 4.79 Å². The van der Waals surface area contributed by atoms with E-state index in [-0.39, 0.29) is 11.3 Å². The lowest BCUT2D eigenvalue weighted by molar-refractivity contribution is 0.0977. The number of nitrogens with zero attached hydrogens (tertiary/aromatic N) is 2. The maximum Gasteiger partial charge on any atom is 0.164 e. The second-order valence-electron chi connectivity index (χ2n) is 9.81. The average molecular weight is 436 g/mol. The molecule has 2 heterocycles. The minimum absolute atomic E-state index is 0.171. The molecule has 166 valence electrons. The van der Waals surface area contributed by atoms with Crippen LogP contribution in [0.4, 0.5) is 0 Å². The molecule has 2 aromatic carbocycles. The zero-order valence-electron chi connectivity index (χ0n) is 18.8. The Labute approximate surface area is 194 Å². The number of pyridine rings is 1. The van der Waals surface area contributed by atoms with Crippen LogP contribution in [0.15, 0.2) is 72.9 Å². The molecule has 2 saturated carbocycles. The van der Waals surface area contributed by atoms with E-state index in [9.17, 15) is 4.79 Å². The van der Waals surface area contributed by atoms with Crippen LogP contribution in [0.2, 0.25) is 0 Å². The number of fused-ring (bicyclic) bond motifs is 1. The van der Waals surface area contributed by atoms with Crippen LogP contribution in [-0.4, -0.2) is 15.2 Å². The monoisotopic (exact) mass is 435 g/mol. The van der Waals surface area contributed by atoms with Crippen molar-refractivity contribution in [3.05, 3.63) is 84.1 Å². The van der Waals surface area contributed by atoms with E-state index >= 15 is 0 Å². The van der Waals surface area contributed by atoms with Crippen molar-refractivity contribution in [2.75, 3.05) is 0 Å². The van der Waals surface area contributed by atoms with E-state index < -0.39 is 0 Å². The number of ketones is 1. The quantitative estimate of drug-likeness (QED) is 0.343. The normalized spacial score (nSPS) is 17.1. The Balaban J connectivity index is 1.43. The van der Waals surface area contributed by atoms with Gasteiger partial charge in [0.15, 0.2) is 5.78 Å². The molecule has 33 heavy (non-hydrogen) atoms. The molecule has 0 aliphatic heterocycles. The fourth-order valence-electron chi connectivity index (χ4n) is 4.98. The van der Waals surface area contributed by atoms with Crippen LogP contribution in [0, 0.1) is 5.92 Å². The molecular formula is C29H29N3O. The highest BCUT2D eigenvalue weighted by atomic mass is 16.1. The third kappa shape index (κ3) is 3.79. The first-order valence-electron chi connectivity index (χ1n) is 12.1. The predicted octanol–water partition coefficient (Wildman–Crippen LogP) is 6.38. The van der Waals surface area contributed by atoms with Crippen molar-refractivity contribution in [3.63, 3.8) is 0 Å². The van der Waals surface area contributed by atoms with E-state index in [2.05, 4.69) is 40.8 Å². The highest BCUT2D eigenvalue weighted by Crippen LogP contribution is 2.40. The minimum atomic E-state index is -0.171. The van der Waals surface area contributed by atoms with Crippen molar-refractivity contribution in [1.82, 2.24) is 9.38 Å². The lowest BCUT2D eigenvalue weighted by Crippen LogP contribution is -2.43. The topological polar surface area (TPSA) is 60.4 Å². The molecule has 0 saturated heterocycles. The molecule has 0 bridgehead atoms. The maximum absolute atomic E-state index is 12.9. The second kappa shape index (κ2) is 7.96. The van der Waals surface area contributed by atoms with Gasteiger partial charge in [-0.05, 0) is 49.3 Å². The number of nitrogens with two attached hydrogens (primary N) is 1. The minimum Gasteiger partial charge on any atom is -0.321 e. The van der Waals surface area contributed by atoms with E-state index in [0.29, 0.717) is 6.42 Å². The van der Waals surface area contributed by atoms with E-state index in [1.807, 2.05) is 36.5 Å². The number of Topliss-reactive ketones (excluding diaryl/α,β-unsaturated/α-hetero) is 1. The van der Waals surface area contributed by atoms with Crippen LogP contribution in [0.5, 0.6) is 0 Å². The van der Waals surface area contributed by atoms with Crippen molar-refractivity contribution in [1.29, 1.82) is 0 Å². The summed E-state index contributed by atoms with van der Waals surface area (Å²) in [4.78, 5) is 17.9. The summed E-state index contributed by atoms with van der Waals surface area (Å²) in [5.74, 6) is 0.976. The Morgan fingerprint density at radius 3 is 2.39 bits per heavy atom. The highest BCUT2D eigenvalue weighted by molar-refractivity contribution is 5.96. The fourth-order valence-corrected chi connectivity index (χ4v) is 4.98. The molecule has 0 radical (unpaired) electrons. The van der Waals surface area contributed by atoms with Gasteiger partial charge in [-0.2, -0.15) is 0 Å².